The molecule has 0 N–H and O–H groups in total. The predicted octanol–water partition coefficient (Wildman–Crippen LogP) is 6.07. The first-order chi connectivity index (χ1) is 10.9. The summed E-state index contributed by atoms with van der Waals surface area (Å²) in [7, 11) is 0. The maximum atomic E-state index is 11.7. The zero-order valence-electron chi connectivity index (χ0n) is 14.9. The van der Waals surface area contributed by atoms with Crippen molar-refractivity contribution in [2.24, 2.45) is 5.92 Å². The molecule has 0 radical (unpaired) electrons. The van der Waals surface area contributed by atoms with Gasteiger partial charge in [0.2, 0.25) is 0 Å². The lowest BCUT2D eigenvalue weighted by molar-refractivity contribution is 0.0206. The van der Waals surface area contributed by atoms with Crippen molar-refractivity contribution in [1.82, 2.24) is 0 Å². The normalized spacial score (nSPS) is 21.7. The topological polar surface area (TPSA) is 35.5 Å². The first-order valence-corrected chi connectivity index (χ1v) is 8.88. The van der Waals surface area contributed by atoms with Crippen LogP contribution in [0.1, 0.15) is 77.7 Å². The Labute approximate surface area is 140 Å². The Morgan fingerprint density at radius 3 is 2.22 bits per heavy atom. The molecule has 0 aromatic heterocycles. The van der Waals surface area contributed by atoms with Gasteiger partial charge in [0.1, 0.15) is 11.4 Å². The first kappa shape index (κ1) is 17.8. The Hall–Kier alpha value is -1.51. The van der Waals surface area contributed by atoms with Gasteiger partial charge in [-0.2, -0.15) is 0 Å². The lowest BCUT2D eigenvalue weighted by Crippen LogP contribution is -2.25. The van der Waals surface area contributed by atoms with Crippen LogP contribution in [0.25, 0.3) is 0 Å². The van der Waals surface area contributed by atoms with Gasteiger partial charge in [0.15, 0.2) is 0 Å². The van der Waals surface area contributed by atoms with E-state index in [0.29, 0.717) is 11.7 Å². The summed E-state index contributed by atoms with van der Waals surface area (Å²) in [6.07, 6.45) is 7.25. The Morgan fingerprint density at radius 1 is 1.09 bits per heavy atom. The van der Waals surface area contributed by atoms with E-state index in [-0.39, 0.29) is 0 Å². The van der Waals surface area contributed by atoms with E-state index in [1.54, 1.807) is 0 Å². The van der Waals surface area contributed by atoms with Gasteiger partial charge in [-0.1, -0.05) is 31.9 Å². The molecule has 0 saturated heterocycles. The summed E-state index contributed by atoms with van der Waals surface area (Å²) >= 11 is 0. The highest BCUT2D eigenvalue weighted by Crippen LogP contribution is 2.37. The van der Waals surface area contributed by atoms with Crippen LogP contribution in [0.3, 0.4) is 0 Å². The molecular formula is C20H30O3. The minimum atomic E-state index is -0.648. The fourth-order valence-corrected chi connectivity index (χ4v) is 3.37. The number of rotatable bonds is 4. The molecule has 0 atom stereocenters. The van der Waals surface area contributed by atoms with Crippen LogP contribution in [-0.4, -0.2) is 11.8 Å². The summed E-state index contributed by atoms with van der Waals surface area (Å²) in [5.41, 5.74) is 0.824. The highest BCUT2D eigenvalue weighted by molar-refractivity contribution is 5.64. The van der Waals surface area contributed by atoms with Gasteiger partial charge in [-0.3, -0.25) is 0 Å². The molecule has 1 aromatic carbocycles. The molecule has 3 heteroatoms. The van der Waals surface area contributed by atoms with E-state index < -0.39 is 11.8 Å². The monoisotopic (exact) mass is 318 g/mol. The SMILES string of the molecule is CCC[C@H]1CC[C@H](c2ccc(OC(=O)OC(C)(C)C)cc2)CC1. The van der Waals surface area contributed by atoms with E-state index in [9.17, 15) is 4.79 Å². The van der Waals surface area contributed by atoms with E-state index in [0.717, 1.165) is 5.92 Å². The second-order valence-electron chi connectivity index (χ2n) is 7.64. The Balaban J connectivity index is 1.86. The zero-order chi connectivity index (χ0) is 16.9. The lowest BCUT2D eigenvalue weighted by Gasteiger charge is -2.28. The molecule has 3 nitrogen and oxygen atoms in total. The fraction of sp³-hybridized carbons (Fsp3) is 0.650. The summed E-state index contributed by atoms with van der Waals surface area (Å²) in [6.45, 7) is 7.75. The molecule has 1 aliphatic rings. The van der Waals surface area contributed by atoms with Crippen molar-refractivity contribution in [2.45, 2.75) is 77.7 Å². The van der Waals surface area contributed by atoms with Gasteiger partial charge in [-0.25, -0.2) is 4.79 Å². The van der Waals surface area contributed by atoms with Crippen molar-refractivity contribution in [1.29, 1.82) is 0 Å². The van der Waals surface area contributed by atoms with Gasteiger partial charge in [0, 0.05) is 0 Å². The van der Waals surface area contributed by atoms with E-state index in [2.05, 4.69) is 19.1 Å². The van der Waals surface area contributed by atoms with Crippen LogP contribution >= 0.6 is 0 Å². The summed E-state index contributed by atoms with van der Waals surface area (Å²) < 4.78 is 10.4. The fourth-order valence-electron chi connectivity index (χ4n) is 3.37. The minimum Gasteiger partial charge on any atom is -0.428 e. The molecule has 0 heterocycles. The zero-order valence-corrected chi connectivity index (χ0v) is 14.9. The molecule has 0 unspecified atom stereocenters. The van der Waals surface area contributed by atoms with Crippen LogP contribution in [0.15, 0.2) is 24.3 Å². The minimum absolute atomic E-state index is 0.534. The van der Waals surface area contributed by atoms with Crippen LogP contribution in [0.5, 0.6) is 5.75 Å². The van der Waals surface area contributed by atoms with Crippen molar-refractivity contribution in [3.8, 4) is 5.75 Å². The number of hydrogen-bond donors (Lipinski definition) is 0. The van der Waals surface area contributed by atoms with Gasteiger partial charge in [0.05, 0.1) is 0 Å². The van der Waals surface area contributed by atoms with Crippen LogP contribution in [-0.2, 0) is 4.74 Å². The predicted molar refractivity (Wildman–Crippen MR) is 92.9 cm³/mol. The van der Waals surface area contributed by atoms with Crippen molar-refractivity contribution in [3.05, 3.63) is 29.8 Å². The molecule has 128 valence electrons. The third kappa shape index (κ3) is 5.89. The molecule has 23 heavy (non-hydrogen) atoms. The van der Waals surface area contributed by atoms with Crippen LogP contribution in [0, 0.1) is 5.92 Å². The van der Waals surface area contributed by atoms with Crippen molar-refractivity contribution < 1.29 is 14.3 Å². The molecule has 0 amide bonds. The summed E-state index contributed by atoms with van der Waals surface area (Å²) in [4.78, 5) is 11.7. The number of carbonyl (C=O) groups is 1. The molecule has 1 aromatic rings. The number of benzene rings is 1. The largest absolute Gasteiger partial charge is 0.514 e. The van der Waals surface area contributed by atoms with Gasteiger partial charge in [-0.15, -0.1) is 0 Å². The number of ether oxygens (including phenoxy) is 2. The van der Waals surface area contributed by atoms with E-state index in [1.165, 1.54) is 44.1 Å². The van der Waals surface area contributed by atoms with Gasteiger partial charge < -0.3 is 9.47 Å². The van der Waals surface area contributed by atoms with Gasteiger partial charge >= 0.3 is 6.16 Å². The molecule has 1 saturated carbocycles. The second-order valence-corrected chi connectivity index (χ2v) is 7.64. The van der Waals surface area contributed by atoms with Gasteiger partial charge in [-0.05, 0) is 76.0 Å². The van der Waals surface area contributed by atoms with Crippen LogP contribution in [0.4, 0.5) is 4.79 Å². The summed E-state index contributed by atoms with van der Waals surface area (Å²) in [5.74, 6) is 2.12. The number of hydrogen-bond acceptors (Lipinski definition) is 3. The highest BCUT2D eigenvalue weighted by Gasteiger charge is 2.22. The Bertz CT molecular complexity index is 491. The Kier molecular flexibility index (Phi) is 6.09. The average molecular weight is 318 g/mol. The van der Waals surface area contributed by atoms with Crippen LogP contribution in [0.2, 0.25) is 0 Å². The summed E-state index contributed by atoms with van der Waals surface area (Å²) in [5, 5.41) is 0. The summed E-state index contributed by atoms with van der Waals surface area (Å²) in [6, 6.07) is 7.92. The molecule has 2 rings (SSSR count). The van der Waals surface area contributed by atoms with Crippen LogP contribution < -0.4 is 4.74 Å². The molecular weight excluding hydrogens is 288 g/mol. The maximum Gasteiger partial charge on any atom is 0.514 e. The molecule has 1 aliphatic carbocycles. The third-order valence-electron chi connectivity index (χ3n) is 4.49. The van der Waals surface area contributed by atoms with E-state index in [1.807, 2.05) is 32.9 Å². The first-order valence-electron chi connectivity index (χ1n) is 8.88. The number of carbonyl (C=O) groups excluding carboxylic acids is 1. The van der Waals surface area contributed by atoms with Crippen molar-refractivity contribution in [2.75, 3.05) is 0 Å². The smallest absolute Gasteiger partial charge is 0.428 e. The standard InChI is InChI=1S/C20H30O3/c1-5-6-15-7-9-16(10-8-15)17-11-13-18(14-12-17)22-19(21)23-20(2,3)4/h11-16H,5-10H2,1-4H3/t15-,16-. The second kappa shape index (κ2) is 7.85. The molecule has 0 spiro atoms. The average Bonchev–Trinajstić information content (AvgIpc) is 2.47. The third-order valence-corrected chi connectivity index (χ3v) is 4.49. The van der Waals surface area contributed by atoms with Gasteiger partial charge in [0.25, 0.3) is 0 Å². The van der Waals surface area contributed by atoms with E-state index >= 15 is 0 Å². The molecule has 1 fully saturated rings. The maximum absolute atomic E-state index is 11.7. The molecule has 0 aliphatic heterocycles. The van der Waals surface area contributed by atoms with E-state index in [4.69, 9.17) is 9.47 Å². The van der Waals surface area contributed by atoms with Crippen molar-refractivity contribution in [3.63, 3.8) is 0 Å². The quantitative estimate of drug-likeness (QED) is 0.499. The Morgan fingerprint density at radius 2 is 1.70 bits per heavy atom. The van der Waals surface area contributed by atoms with Crippen molar-refractivity contribution >= 4 is 6.16 Å². The highest BCUT2D eigenvalue weighted by atomic mass is 16.7. The molecule has 0 bridgehead atoms. The lowest BCUT2D eigenvalue weighted by atomic mass is 9.77.